The molecule has 0 saturated carbocycles. The number of benzene rings is 6. The number of para-hydroxylation sites is 2. The Morgan fingerprint density at radius 3 is 1.73 bits per heavy atom. The molecule has 9 aromatic rings. The smallest absolute Gasteiger partial charge is 0.137 e. The van der Waals surface area contributed by atoms with Crippen LogP contribution in [0.2, 0.25) is 0 Å². The predicted octanol–water partition coefficient (Wildman–Crippen LogP) is 9.74. The molecular weight excluding hydrogens is 454 g/mol. The van der Waals surface area contributed by atoms with E-state index in [0.717, 1.165) is 55.1 Å². The molecule has 0 atom stereocenters. The molecule has 9 rings (SSSR count). The third-order valence-electron chi connectivity index (χ3n) is 7.75. The van der Waals surface area contributed by atoms with Crippen molar-refractivity contribution in [2.24, 2.45) is 0 Å². The molecule has 172 valence electrons. The second-order valence-corrected chi connectivity index (χ2v) is 9.79. The van der Waals surface area contributed by atoms with Crippen molar-refractivity contribution in [1.29, 1.82) is 0 Å². The number of fused-ring (bicyclic) bond motifs is 10. The van der Waals surface area contributed by atoms with E-state index in [1.165, 1.54) is 27.1 Å². The number of rotatable bonds is 1. The molecule has 0 aliphatic carbocycles. The summed E-state index contributed by atoms with van der Waals surface area (Å²) in [6.45, 7) is 0. The molecule has 0 bridgehead atoms. The van der Waals surface area contributed by atoms with Gasteiger partial charge >= 0.3 is 0 Å². The molecule has 3 heteroatoms. The molecule has 0 saturated heterocycles. The molecule has 0 spiro atoms. The van der Waals surface area contributed by atoms with E-state index in [1.54, 1.807) is 0 Å². The molecule has 0 radical (unpaired) electrons. The fourth-order valence-electron chi connectivity index (χ4n) is 6.05. The van der Waals surface area contributed by atoms with Gasteiger partial charge < -0.3 is 13.4 Å². The highest BCUT2D eigenvalue weighted by atomic mass is 16.3. The minimum atomic E-state index is 0.893. The molecule has 3 heterocycles. The van der Waals surface area contributed by atoms with Crippen LogP contribution in [0.1, 0.15) is 0 Å². The van der Waals surface area contributed by atoms with Crippen molar-refractivity contribution in [3.63, 3.8) is 0 Å². The van der Waals surface area contributed by atoms with E-state index in [-0.39, 0.29) is 0 Å². The van der Waals surface area contributed by atoms with E-state index in [4.69, 9.17) is 8.83 Å². The van der Waals surface area contributed by atoms with Crippen LogP contribution >= 0.6 is 0 Å². The van der Waals surface area contributed by atoms with E-state index in [9.17, 15) is 0 Å². The quantitative estimate of drug-likeness (QED) is 0.238. The molecule has 3 aromatic heterocycles. The van der Waals surface area contributed by atoms with E-state index < -0.39 is 0 Å². The normalized spacial score (nSPS) is 12.3. The Morgan fingerprint density at radius 1 is 0.378 bits per heavy atom. The molecule has 3 nitrogen and oxygen atoms in total. The lowest BCUT2D eigenvalue weighted by Crippen LogP contribution is -1.93. The van der Waals surface area contributed by atoms with Crippen LogP contribution in [0, 0.1) is 0 Å². The zero-order chi connectivity index (χ0) is 24.1. The van der Waals surface area contributed by atoms with E-state index in [1.807, 2.05) is 24.3 Å². The van der Waals surface area contributed by atoms with E-state index in [2.05, 4.69) is 95.6 Å². The van der Waals surface area contributed by atoms with Gasteiger partial charge in [-0.25, -0.2) is 0 Å². The molecule has 0 fully saturated rings. The van der Waals surface area contributed by atoms with Crippen molar-refractivity contribution in [3.8, 4) is 5.69 Å². The second-order valence-electron chi connectivity index (χ2n) is 9.79. The SMILES string of the molecule is c1ccc2cc3c(cc2c1)c1cc2oc4ccccc4c2cc1n3-c1ccc2c(c1)oc1ccccc12. The standard InChI is InChI=1S/C34H19NO2/c1-2-8-21-16-29-26(15-20(21)7-1)27-19-34-28(24-10-4-6-12-32(24)37-34)18-30(27)35(29)22-13-14-25-23-9-3-5-11-31(23)36-33(25)17-22/h1-19H. The van der Waals surface area contributed by atoms with Crippen LogP contribution in [0.15, 0.2) is 124 Å². The van der Waals surface area contributed by atoms with Gasteiger partial charge in [0.05, 0.1) is 11.0 Å². The number of nitrogens with zero attached hydrogens (tertiary/aromatic N) is 1. The van der Waals surface area contributed by atoms with Gasteiger partial charge in [-0.1, -0.05) is 60.7 Å². The van der Waals surface area contributed by atoms with Crippen molar-refractivity contribution in [2.75, 3.05) is 0 Å². The summed E-state index contributed by atoms with van der Waals surface area (Å²) in [5.41, 5.74) is 7.03. The zero-order valence-corrected chi connectivity index (χ0v) is 19.7. The topological polar surface area (TPSA) is 31.2 Å². The summed E-state index contributed by atoms with van der Waals surface area (Å²) in [5, 5.41) is 9.37. The van der Waals surface area contributed by atoms with Gasteiger partial charge in [0.25, 0.3) is 0 Å². The maximum Gasteiger partial charge on any atom is 0.137 e. The van der Waals surface area contributed by atoms with Gasteiger partial charge in [-0.2, -0.15) is 0 Å². The van der Waals surface area contributed by atoms with Crippen LogP contribution in [-0.4, -0.2) is 4.57 Å². The van der Waals surface area contributed by atoms with Gasteiger partial charge in [-0.3, -0.25) is 0 Å². The number of hydrogen-bond donors (Lipinski definition) is 0. The Hall–Kier alpha value is -5.02. The maximum atomic E-state index is 6.28. The fraction of sp³-hybridized carbons (Fsp3) is 0. The van der Waals surface area contributed by atoms with Crippen molar-refractivity contribution in [3.05, 3.63) is 115 Å². The first kappa shape index (κ1) is 19.2. The maximum absolute atomic E-state index is 6.28. The average molecular weight is 474 g/mol. The van der Waals surface area contributed by atoms with Crippen LogP contribution < -0.4 is 0 Å². The molecule has 0 aliphatic rings. The van der Waals surface area contributed by atoms with Gasteiger partial charge in [0, 0.05) is 44.1 Å². The van der Waals surface area contributed by atoms with E-state index in [0.29, 0.717) is 0 Å². The lowest BCUT2D eigenvalue weighted by molar-refractivity contribution is 0.668. The van der Waals surface area contributed by atoms with Gasteiger partial charge in [0.1, 0.15) is 22.3 Å². The Balaban J connectivity index is 1.45. The van der Waals surface area contributed by atoms with E-state index >= 15 is 0 Å². The number of hydrogen-bond acceptors (Lipinski definition) is 2. The molecule has 0 unspecified atom stereocenters. The monoisotopic (exact) mass is 473 g/mol. The highest BCUT2D eigenvalue weighted by molar-refractivity contribution is 6.19. The molecule has 37 heavy (non-hydrogen) atoms. The van der Waals surface area contributed by atoms with Gasteiger partial charge in [-0.15, -0.1) is 0 Å². The van der Waals surface area contributed by atoms with Crippen LogP contribution in [0.4, 0.5) is 0 Å². The highest BCUT2D eigenvalue weighted by Crippen LogP contribution is 2.40. The highest BCUT2D eigenvalue weighted by Gasteiger charge is 2.18. The Morgan fingerprint density at radius 2 is 0.946 bits per heavy atom. The summed E-state index contributed by atoms with van der Waals surface area (Å²) in [5.74, 6) is 0. The Labute approximate surface area is 210 Å². The lowest BCUT2D eigenvalue weighted by atomic mass is 10.1. The first-order valence-corrected chi connectivity index (χ1v) is 12.5. The van der Waals surface area contributed by atoms with Crippen LogP contribution in [-0.2, 0) is 0 Å². The first-order chi connectivity index (χ1) is 18.3. The van der Waals surface area contributed by atoms with Crippen LogP contribution in [0.25, 0.3) is 82.1 Å². The summed E-state index contributed by atoms with van der Waals surface area (Å²) < 4.78 is 14.9. The van der Waals surface area contributed by atoms with Crippen molar-refractivity contribution >= 4 is 76.5 Å². The number of aromatic nitrogens is 1. The molecular formula is C34H19NO2. The van der Waals surface area contributed by atoms with Crippen LogP contribution in [0.3, 0.4) is 0 Å². The number of furan rings is 2. The molecule has 6 aromatic carbocycles. The first-order valence-electron chi connectivity index (χ1n) is 12.5. The molecule has 0 amide bonds. The van der Waals surface area contributed by atoms with Gasteiger partial charge in [0.2, 0.25) is 0 Å². The Bertz CT molecular complexity index is 2360. The van der Waals surface area contributed by atoms with Crippen molar-refractivity contribution < 1.29 is 8.83 Å². The average Bonchev–Trinajstić information content (AvgIpc) is 3.59. The third kappa shape index (κ3) is 2.55. The Kier molecular flexibility index (Phi) is 3.53. The van der Waals surface area contributed by atoms with Crippen LogP contribution in [0.5, 0.6) is 0 Å². The molecule has 0 aliphatic heterocycles. The minimum absolute atomic E-state index is 0.893. The largest absolute Gasteiger partial charge is 0.456 e. The summed E-state index contributed by atoms with van der Waals surface area (Å²) in [6.07, 6.45) is 0. The molecule has 0 N–H and O–H groups in total. The summed E-state index contributed by atoms with van der Waals surface area (Å²) in [4.78, 5) is 0. The summed E-state index contributed by atoms with van der Waals surface area (Å²) >= 11 is 0. The van der Waals surface area contributed by atoms with Crippen molar-refractivity contribution in [1.82, 2.24) is 4.57 Å². The fourth-order valence-corrected chi connectivity index (χ4v) is 6.05. The zero-order valence-electron chi connectivity index (χ0n) is 19.7. The second kappa shape index (κ2) is 6.80. The minimum Gasteiger partial charge on any atom is -0.456 e. The lowest BCUT2D eigenvalue weighted by Gasteiger charge is -2.09. The van der Waals surface area contributed by atoms with Gasteiger partial charge in [0.15, 0.2) is 0 Å². The summed E-state index contributed by atoms with van der Waals surface area (Å²) in [7, 11) is 0. The van der Waals surface area contributed by atoms with Gasteiger partial charge in [-0.05, 0) is 59.3 Å². The third-order valence-corrected chi connectivity index (χ3v) is 7.75. The summed E-state index contributed by atoms with van der Waals surface area (Å²) in [6, 6.07) is 40.7. The van der Waals surface area contributed by atoms with Crippen molar-refractivity contribution in [2.45, 2.75) is 0 Å². The predicted molar refractivity (Wildman–Crippen MR) is 153 cm³/mol.